The van der Waals surface area contributed by atoms with Crippen molar-refractivity contribution in [2.75, 3.05) is 7.11 Å². The van der Waals surface area contributed by atoms with Crippen molar-refractivity contribution >= 4 is 5.97 Å². The summed E-state index contributed by atoms with van der Waals surface area (Å²) in [6, 6.07) is -0.448. The van der Waals surface area contributed by atoms with Crippen LogP contribution in [0.4, 0.5) is 4.39 Å². The lowest BCUT2D eigenvalue weighted by Crippen LogP contribution is -2.19. The van der Waals surface area contributed by atoms with E-state index >= 15 is 0 Å². The second-order valence-corrected chi connectivity index (χ2v) is 3.11. The molecule has 0 radical (unpaired) electrons. The Morgan fingerprint density at radius 1 is 1.71 bits per heavy atom. The van der Waals surface area contributed by atoms with Crippen molar-refractivity contribution in [3.05, 3.63) is 11.6 Å². The zero-order valence-electron chi connectivity index (χ0n) is 7.73. The molecule has 1 aliphatic heterocycles. The highest BCUT2D eigenvalue weighted by Crippen LogP contribution is 2.27. The van der Waals surface area contributed by atoms with Gasteiger partial charge in [-0.15, -0.1) is 10.2 Å². The van der Waals surface area contributed by atoms with Crippen LogP contribution >= 0.6 is 0 Å². The number of rotatable bonds is 2. The summed E-state index contributed by atoms with van der Waals surface area (Å²) in [5, 5.41) is 7.45. The third kappa shape index (κ3) is 1.18. The molecule has 2 rings (SSSR count). The van der Waals surface area contributed by atoms with Crippen LogP contribution in [-0.2, 0) is 22.6 Å². The van der Waals surface area contributed by atoms with Crippen LogP contribution in [0.15, 0.2) is 0 Å². The Balaban J connectivity index is 2.36. The van der Waals surface area contributed by atoms with E-state index in [4.69, 9.17) is 0 Å². The van der Waals surface area contributed by atoms with Gasteiger partial charge in [-0.25, -0.2) is 9.18 Å². The van der Waals surface area contributed by atoms with Gasteiger partial charge in [0.15, 0.2) is 5.82 Å². The first-order valence-corrected chi connectivity index (χ1v) is 4.34. The molecule has 6 heteroatoms. The van der Waals surface area contributed by atoms with Gasteiger partial charge >= 0.3 is 5.97 Å². The Morgan fingerprint density at radius 2 is 2.50 bits per heavy atom. The van der Waals surface area contributed by atoms with Crippen LogP contribution in [0.2, 0.25) is 0 Å². The lowest BCUT2D eigenvalue weighted by molar-refractivity contribution is -0.144. The van der Waals surface area contributed by atoms with Crippen LogP contribution in [0.1, 0.15) is 24.1 Å². The average molecular weight is 199 g/mol. The number of aryl methyl sites for hydroxylation is 1. The van der Waals surface area contributed by atoms with Crippen molar-refractivity contribution in [3.8, 4) is 0 Å². The summed E-state index contributed by atoms with van der Waals surface area (Å²) >= 11 is 0. The van der Waals surface area contributed by atoms with Gasteiger partial charge in [0.05, 0.1) is 7.11 Å². The molecule has 1 aliphatic rings. The van der Waals surface area contributed by atoms with E-state index in [-0.39, 0.29) is 11.8 Å². The Morgan fingerprint density at radius 3 is 3.14 bits per heavy atom. The van der Waals surface area contributed by atoms with Crippen LogP contribution in [0.3, 0.4) is 0 Å². The first-order chi connectivity index (χ1) is 6.77. The Hall–Kier alpha value is -1.46. The predicted octanol–water partition coefficient (Wildman–Crippen LogP) is 0.408. The number of hydrogen-bond acceptors (Lipinski definition) is 4. The van der Waals surface area contributed by atoms with Gasteiger partial charge in [-0.05, 0) is 6.42 Å². The Labute approximate surface area is 79.9 Å². The first kappa shape index (κ1) is 9.11. The number of alkyl halides is 1. The summed E-state index contributed by atoms with van der Waals surface area (Å²) in [6.07, 6.45) is 1.26. The number of halogens is 1. The quantitative estimate of drug-likeness (QED) is 0.647. The Kier molecular flexibility index (Phi) is 2.18. The van der Waals surface area contributed by atoms with Crippen LogP contribution < -0.4 is 0 Å². The fourth-order valence-corrected chi connectivity index (χ4v) is 1.74. The van der Waals surface area contributed by atoms with Crippen LogP contribution in [-0.4, -0.2) is 27.8 Å². The summed E-state index contributed by atoms with van der Waals surface area (Å²) < 4.78 is 18.6. The van der Waals surface area contributed by atoms with E-state index < -0.39 is 12.7 Å². The fourth-order valence-electron chi connectivity index (χ4n) is 1.74. The average Bonchev–Trinajstić information content (AvgIpc) is 2.76. The lowest BCUT2D eigenvalue weighted by atomic mass is 10.2. The van der Waals surface area contributed by atoms with Crippen LogP contribution in [0, 0.1) is 0 Å². The third-order valence-corrected chi connectivity index (χ3v) is 2.38. The number of carbonyl (C=O) groups is 1. The number of nitrogens with zero attached hydrogens (tertiary/aromatic N) is 3. The molecule has 2 heterocycles. The van der Waals surface area contributed by atoms with Gasteiger partial charge in [-0.2, -0.15) is 0 Å². The van der Waals surface area contributed by atoms with Crippen molar-refractivity contribution < 1.29 is 13.9 Å². The first-order valence-electron chi connectivity index (χ1n) is 4.34. The molecule has 14 heavy (non-hydrogen) atoms. The number of hydrogen-bond donors (Lipinski definition) is 0. The minimum atomic E-state index is -0.708. The van der Waals surface area contributed by atoms with Gasteiger partial charge in [0, 0.05) is 6.42 Å². The molecule has 0 saturated carbocycles. The predicted molar refractivity (Wildman–Crippen MR) is 44.2 cm³/mol. The molecule has 76 valence electrons. The highest BCUT2D eigenvalue weighted by molar-refractivity contribution is 5.74. The zero-order valence-corrected chi connectivity index (χ0v) is 7.73. The van der Waals surface area contributed by atoms with E-state index in [0.29, 0.717) is 18.7 Å². The van der Waals surface area contributed by atoms with Crippen molar-refractivity contribution in [2.24, 2.45) is 0 Å². The topological polar surface area (TPSA) is 57.0 Å². The van der Waals surface area contributed by atoms with Crippen LogP contribution in [0.5, 0.6) is 0 Å². The molecule has 0 bridgehead atoms. The minimum Gasteiger partial charge on any atom is -0.467 e. The van der Waals surface area contributed by atoms with E-state index in [2.05, 4.69) is 14.9 Å². The molecule has 0 aromatic carbocycles. The smallest absolute Gasteiger partial charge is 0.328 e. The van der Waals surface area contributed by atoms with Crippen molar-refractivity contribution in [2.45, 2.75) is 25.6 Å². The van der Waals surface area contributed by atoms with Crippen molar-refractivity contribution in [1.29, 1.82) is 0 Å². The number of carbonyl (C=O) groups excluding carboxylic acids is 1. The molecule has 1 aromatic rings. The van der Waals surface area contributed by atoms with Crippen LogP contribution in [0.25, 0.3) is 0 Å². The second kappa shape index (κ2) is 3.36. The summed E-state index contributed by atoms with van der Waals surface area (Å²) in [6.45, 7) is -0.708. The molecule has 0 aliphatic carbocycles. The maximum Gasteiger partial charge on any atom is 0.328 e. The van der Waals surface area contributed by atoms with Crippen molar-refractivity contribution in [1.82, 2.24) is 14.8 Å². The number of aromatic nitrogens is 3. The van der Waals surface area contributed by atoms with Gasteiger partial charge in [-0.3, -0.25) is 4.57 Å². The summed E-state index contributed by atoms with van der Waals surface area (Å²) in [5.41, 5.74) is 0. The van der Waals surface area contributed by atoms with E-state index in [1.54, 1.807) is 0 Å². The van der Waals surface area contributed by atoms with E-state index in [0.717, 1.165) is 0 Å². The number of ether oxygens (including phenoxy) is 1. The molecule has 1 atom stereocenters. The maximum absolute atomic E-state index is 12.5. The molecule has 5 nitrogen and oxygen atoms in total. The second-order valence-electron chi connectivity index (χ2n) is 3.11. The minimum absolute atomic E-state index is 0.202. The summed E-state index contributed by atoms with van der Waals surface area (Å²) in [7, 11) is 1.32. The molecule has 0 fully saturated rings. The molecular formula is C8H10FN3O2. The lowest BCUT2D eigenvalue weighted by Gasteiger charge is -2.10. The molecule has 0 N–H and O–H groups in total. The Bertz CT molecular complexity index is 363. The molecule has 0 saturated heterocycles. The third-order valence-electron chi connectivity index (χ3n) is 2.38. The van der Waals surface area contributed by atoms with Gasteiger partial charge in [0.2, 0.25) is 0 Å². The van der Waals surface area contributed by atoms with E-state index in [9.17, 15) is 9.18 Å². The number of methoxy groups -OCH3 is 1. The van der Waals surface area contributed by atoms with E-state index in [1.807, 2.05) is 0 Å². The van der Waals surface area contributed by atoms with Crippen molar-refractivity contribution in [3.63, 3.8) is 0 Å². The molecular weight excluding hydrogens is 189 g/mol. The highest BCUT2D eigenvalue weighted by Gasteiger charge is 2.32. The summed E-state index contributed by atoms with van der Waals surface area (Å²) in [4.78, 5) is 11.3. The summed E-state index contributed by atoms with van der Waals surface area (Å²) in [5.74, 6) is 0.499. The van der Waals surface area contributed by atoms with Gasteiger partial charge < -0.3 is 4.74 Å². The number of esters is 1. The maximum atomic E-state index is 12.5. The van der Waals surface area contributed by atoms with E-state index in [1.165, 1.54) is 11.7 Å². The SMILES string of the molecule is COC(=O)[C@H]1CCc2nnc(CF)n21. The molecule has 0 amide bonds. The normalized spacial score (nSPS) is 19.4. The molecule has 0 unspecified atom stereocenters. The number of fused-ring (bicyclic) bond motifs is 1. The monoisotopic (exact) mass is 199 g/mol. The zero-order chi connectivity index (χ0) is 10.1. The molecule has 1 aromatic heterocycles. The highest BCUT2D eigenvalue weighted by atomic mass is 19.1. The van der Waals surface area contributed by atoms with Gasteiger partial charge in [-0.1, -0.05) is 0 Å². The molecule has 0 spiro atoms. The van der Waals surface area contributed by atoms with Gasteiger partial charge in [0.1, 0.15) is 18.5 Å². The largest absolute Gasteiger partial charge is 0.467 e. The standard InChI is InChI=1S/C8H10FN3O2/c1-14-8(13)5-2-3-6-10-11-7(4-9)12(5)6/h5H,2-4H2,1H3/t5-/m1/s1. The fraction of sp³-hybridized carbons (Fsp3) is 0.625. The van der Waals surface area contributed by atoms with Gasteiger partial charge in [0.25, 0.3) is 0 Å².